The summed E-state index contributed by atoms with van der Waals surface area (Å²) >= 11 is 0. The minimum absolute atomic E-state index is 0.290. The van der Waals surface area contributed by atoms with E-state index in [4.69, 9.17) is 9.47 Å². The molecule has 28 heavy (non-hydrogen) atoms. The molecule has 0 radical (unpaired) electrons. The molecule has 0 aliphatic rings. The lowest BCUT2D eigenvalue weighted by atomic mass is 10.1. The fraction of sp³-hybridized carbons (Fsp3) is 0.391. The van der Waals surface area contributed by atoms with Gasteiger partial charge in [0.15, 0.2) is 0 Å². The van der Waals surface area contributed by atoms with Crippen molar-refractivity contribution in [3.63, 3.8) is 0 Å². The van der Waals surface area contributed by atoms with Crippen molar-refractivity contribution in [1.29, 1.82) is 0 Å². The number of amides is 1. The van der Waals surface area contributed by atoms with Crippen molar-refractivity contribution in [1.82, 2.24) is 5.32 Å². The molecule has 0 spiro atoms. The maximum atomic E-state index is 12.5. The summed E-state index contributed by atoms with van der Waals surface area (Å²) < 4.78 is 11.1. The smallest absolute Gasteiger partial charge is 0.329 e. The zero-order valence-corrected chi connectivity index (χ0v) is 16.8. The zero-order chi connectivity index (χ0) is 20.4. The van der Waals surface area contributed by atoms with E-state index in [-0.39, 0.29) is 5.91 Å². The number of ether oxygens (including phenoxy) is 2. The van der Waals surface area contributed by atoms with E-state index in [9.17, 15) is 9.59 Å². The van der Waals surface area contributed by atoms with Crippen LogP contribution in [-0.4, -0.2) is 30.1 Å². The summed E-state index contributed by atoms with van der Waals surface area (Å²) in [6.07, 6.45) is 1.08. The molecule has 2 rings (SSSR count). The highest BCUT2D eigenvalue weighted by atomic mass is 16.6. The number of carbonyl (C=O) groups is 2. The minimum Gasteiger partial charge on any atom is -0.458 e. The summed E-state index contributed by atoms with van der Waals surface area (Å²) in [6, 6.07) is 18.0. The first-order valence-electron chi connectivity index (χ1n) is 9.55. The first kappa shape index (κ1) is 21.6. The third-order valence-corrected chi connectivity index (χ3v) is 3.93. The Hall–Kier alpha value is -2.66. The highest BCUT2D eigenvalue weighted by molar-refractivity contribution is 5.96. The number of carbonyl (C=O) groups excluding carboxylic acids is 2. The van der Waals surface area contributed by atoms with Gasteiger partial charge in [0.2, 0.25) is 0 Å². The molecule has 5 nitrogen and oxygen atoms in total. The van der Waals surface area contributed by atoms with Gasteiger partial charge in [0.1, 0.15) is 11.6 Å². The van der Waals surface area contributed by atoms with Gasteiger partial charge in [-0.05, 0) is 51.3 Å². The molecule has 0 saturated carbocycles. The van der Waals surface area contributed by atoms with Crippen LogP contribution in [0.4, 0.5) is 0 Å². The molecule has 0 heterocycles. The van der Waals surface area contributed by atoms with Crippen molar-refractivity contribution in [3.05, 3.63) is 71.8 Å². The van der Waals surface area contributed by atoms with E-state index in [0.717, 1.165) is 5.56 Å². The standard InChI is InChI=1S/C23H29NO4/c1-23(2,3)28-22(26)20(24-21(25)19-13-8-5-9-14-19)15-10-16-27-17-18-11-6-4-7-12-18/h4-9,11-14,20H,10,15-17H2,1-3H3,(H,24,25)/t20-/m0/s1. The lowest BCUT2D eigenvalue weighted by molar-refractivity contribution is -0.157. The van der Waals surface area contributed by atoms with E-state index >= 15 is 0 Å². The first-order valence-corrected chi connectivity index (χ1v) is 9.55. The molecule has 150 valence electrons. The SMILES string of the molecule is CC(C)(C)OC(=O)[C@H](CCCOCc1ccccc1)NC(=O)c1ccccc1. The number of hydrogen-bond donors (Lipinski definition) is 1. The van der Waals surface area contributed by atoms with E-state index in [2.05, 4.69) is 5.32 Å². The van der Waals surface area contributed by atoms with E-state index in [0.29, 0.717) is 31.6 Å². The topological polar surface area (TPSA) is 64.6 Å². The van der Waals surface area contributed by atoms with Crippen LogP contribution in [0.2, 0.25) is 0 Å². The van der Waals surface area contributed by atoms with Crippen molar-refractivity contribution in [2.45, 2.75) is 51.9 Å². The highest BCUT2D eigenvalue weighted by Gasteiger charge is 2.26. The van der Waals surface area contributed by atoms with Gasteiger partial charge in [-0.2, -0.15) is 0 Å². The Morgan fingerprint density at radius 1 is 0.964 bits per heavy atom. The maximum absolute atomic E-state index is 12.5. The van der Waals surface area contributed by atoms with Crippen LogP contribution in [0.25, 0.3) is 0 Å². The average molecular weight is 383 g/mol. The third-order valence-electron chi connectivity index (χ3n) is 3.93. The number of nitrogens with one attached hydrogen (secondary N) is 1. The van der Waals surface area contributed by atoms with Crippen LogP contribution in [0.5, 0.6) is 0 Å². The largest absolute Gasteiger partial charge is 0.458 e. The lowest BCUT2D eigenvalue weighted by Crippen LogP contribution is -2.44. The van der Waals surface area contributed by atoms with Crippen LogP contribution in [0.1, 0.15) is 49.5 Å². The fourth-order valence-corrected chi connectivity index (χ4v) is 2.61. The van der Waals surface area contributed by atoms with Gasteiger partial charge >= 0.3 is 5.97 Å². The summed E-state index contributed by atoms with van der Waals surface area (Å²) in [5.74, 6) is -0.721. The quantitative estimate of drug-likeness (QED) is 0.522. The second-order valence-electron chi connectivity index (χ2n) is 7.61. The van der Waals surface area contributed by atoms with Crippen LogP contribution in [0.3, 0.4) is 0 Å². The van der Waals surface area contributed by atoms with Crippen LogP contribution in [-0.2, 0) is 20.9 Å². The Kier molecular flexibility index (Phi) is 8.20. The summed E-state index contributed by atoms with van der Waals surface area (Å²) in [6.45, 7) is 6.45. The molecule has 0 aliphatic carbocycles. The molecule has 0 bridgehead atoms. The molecule has 1 N–H and O–H groups in total. The Labute approximate surface area is 167 Å². The summed E-state index contributed by atoms with van der Waals surface area (Å²) in [7, 11) is 0. The van der Waals surface area contributed by atoms with Gasteiger partial charge in [-0.1, -0.05) is 48.5 Å². The Morgan fingerprint density at radius 3 is 2.18 bits per heavy atom. The van der Waals surface area contributed by atoms with Crippen LogP contribution < -0.4 is 5.32 Å². The molecular formula is C23H29NO4. The fourth-order valence-electron chi connectivity index (χ4n) is 2.61. The first-order chi connectivity index (χ1) is 13.3. The van der Waals surface area contributed by atoms with E-state index in [1.807, 2.05) is 57.2 Å². The zero-order valence-electron chi connectivity index (χ0n) is 16.8. The number of benzene rings is 2. The van der Waals surface area contributed by atoms with Gasteiger partial charge in [0, 0.05) is 12.2 Å². The molecule has 0 aromatic heterocycles. The van der Waals surface area contributed by atoms with E-state index in [1.54, 1.807) is 24.3 Å². The summed E-state index contributed by atoms with van der Waals surface area (Å²) in [5, 5.41) is 2.80. The second-order valence-corrected chi connectivity index (χ2v) is 7.61. The van der Waals surface area contributed by atoms with Gasteiger partial charge in [-0.25, -0.2) is 4.79 Å². The van der Waals surface area contributed by atoms with Crippen LogP contribution in [0.15, 0.2) is 60.7 Å². The minimum atomic E-state index is -0.716. The number of hydrogen-bond acceptors (Lipinski definition) is 4. The normalized spacial score (nSPS) is 12.2. The molecule has 1 amide bonds. The Morgan fingerprint density at radius 2 is 1.57 bits per heavy atom. The van der Waals surface area contributed by atoms with Crippen LogP contribution >= 0.6 is 0 Å². The predicted molar refractivity (Wildman–Crippen MR) is 109 cm³/mol. The third kappa shape index (κ3) is 7.92. The molecule has 5 heteroatoms. The molecule has 0 aliphatic heterocycles. The molecule has 2 aromatic carbocycles. The van der Waals surface area contributed by atoms with Gasteiger partial charge in [0.05, 0.1) is 6.61 Å². The Balaban J connectivity index is 1.88. The van der Waals surface area contributed by atoms with Crippen molar-refractivity contribution >= 4 is 11.9 Å². The lowest BCUT2D eigenvalue weighted by Gasteiger charge is -2.24. The molecule has 0 unspecified atom stereocenters. The average Bonchev–Trinajstić information content (AvgIpc) is 2.67. The maximum Gasteiger partial charge on any atom is 0.329 e. The van der Waals surface area contributed by atoms with Crippen molar-refractivity contribution in [2.75, 3.05) is 6.61 Å². The van der Waals surface area contributed by atoms with E-state index < -0.39 is 17.6 Å². The van der Waals surface area contributed by atoms with Crippen molar-refractivity contribution < 1.29 is 19.1 Å². The number of rotatable bonds is 9. The van der Waals surface area contributed by atoms with Gasteiger partial charge in [0.25, 0.3) is 5.91 Å². The molecule has 2 aromatic rings. The van der Waals surface area contributed by atoms with E-state index in [1.165, 1.54) is 0 Å². The predicted octanol–water partition coefficient (Wildman–Crippen LogP) is 4.12. The van der Waals surface area contributed by atoms with Gasteiger partial charge in [-0.3, -0.25) is 4.79 Å². The van der Waals surface area contributed by atoms with Crippen molar-refractivity contribution in [3.8, 4) is 0 Å². The molecule has 0 fully saturated rings. The Bertz CT molecular complexity index is 738. The van der Waals surface area contributed by atoms with Gasteiger partial charge in [-0.15, -0.1) is 0 Å². The highest BCUT2D eigenvalue weighted by Crippen LogP contribution is 2.12. The van der Waals surface area contributed by atoms with Crippen molar-refractivity contribution in [2.24, 2.45) is 0 Å². The molecule has 0 saturated heterocycles. The molecular weight excluding hydrogens is 354 g/mol. The van der Waals surface area contributed by atoms with Gasteiger partial charge < -0.3 is 14.8 Å². The number of esters is 1. The molecule has 1 atom stereocenters. The summed E-state index contributed by atoms with van der Waals surface area (Å²) in [5.41, 5.74) is 0.997. The monoisotopic (exact) mass is 383 g/mol. The summed E-state index contributed by atoms with van der Waals surface area (Å²) in [4.78, 5) is 25.0. The van der Waals surface area contributed by atoms with Crippen LogP contribution in [0, 0.1) is 0 Å². The second kappa shape index (κ2) is 10.6.